The summed E-state index contributed by atoms with van der Waals surface area (Å²) in [5, 5.41) is 10.5. The largest absolute Gasteiger partial charge is 0.456 e. The van der Waals surface area contributed by atoms with Gasteiger partial charge in [-0.2, -0.15) is 0 Å². The molecule has 3 rings (SSSR count). The Hall–Kier alpha value is -1.79. The fourth-order valence-electron chi connectivity index (χ4n) is 3.88. The van der Waals surface area contributed by atoms with Gasteiger partial charge in [-0.25, -0.2) is 4.79 Å². The standard InChI is InChI=1S/C19H24O6/c1-10(2)11-4-5-13-17(22)16(24-18(13)23)9-19(3)8-14(21)15(25-19)7-12(20)6-11/h5,11,15-17,22H,1,4,6-9H2,2-3H3/b13-5+/t11-,15+,16+,17-,19+/m0/s1. The number of hydrogen-bond acceptors (Lipinski definition) is 6. The number of esters is 1. The number of carbonyl (C=O) groups is 3. The highest BCUT2D eigenvalue weighted by atomic mass is 16.6. The first kappa shape index (κ1) is 18.0. The zero-order valence-electron chi connectivity index (χ0n) is 14.6. The van der Waals surface area contributed by atoms with Crippen LogP contribution in [-0.2, 0) is 23.9 Å². The van der Waals surface area contributed by atoms with Crippen molar-refractivity contribution in [3.05, 3.63) is 23.8 Å². The molecule has 1 N–H and O–H groups in total. The summed E-state index contributed by atoms with van der Waals surface area (Å²) in [6.45, 7) is 7.50. The Balaban J connectivity index is 1.94. The molecule has 0 unspecified atom stereocenters. The summed E-state index contributed by atoms with van der Waals surface area (Å²) in [5.74, 6) is -0.871. The third-order valence-electron chi connectivity index (χ3n) is 5.34. The molecule has 0 spiro atoms. The van der Waals surface area contributed by atoms with Gasteiger partial charge in [0.15, 0.2) is 5.78 Å². The number of hydrogen-bond donors (Lipinski definition) is 1. The van der Waals surface area contributed by atoms with Gasteiger partial charge in [0.25, 0.3) is 0 Å². The SMILES string of the molecule is C=C(C)[C@H]1C/C=C2/C(=O)O[C@H](C[C@@]3(C)CC(=O)[C@@H](CC(=O)C1)O3)[C@H]2O. The molecule has 4 bridgehead atoms. The molecule has 6 heteroatoms. The minimum Gasteiger partial charge on any atom is -0.456 e. The second kappa shape index (κ2) is 6.50. The second-order valence-corrected chi connectivity index (χ2v) is 7.68. The first-order valence-electron chi connectivity index (χ1n) is 8.65. The van der Waals surface area contributed by atoms with Crippen molar-refractivity contribution in [2.24, 2.45) is 5.92 Å². The summed E-state index contributed by atoms with van der Waals surface area (Å²) in [6, 6.07) is 0. The summed E-state index contributed by atoms with van der Waals surface area (Å²) < 4.78 is 11.2. The predicted molar refractivity (Wildman–Crippen MR) is 88.7 cm³/mol. The van der Waals surface area contributed by atoms with Crippen molar-refractivity contribution in [1.29, 1.82) is 0 Å². The van der Waals surface area contributed by atoms with Gasteiger partial charge in [0, 0.05) is 25.7 Å². The zero-order valence-corrected chi connectivity index (χ0v) is 14.6. The van der Waals surface area contributed by atoms with E-state index in [1.54, 1.807) is 13.0 Å². The molecule has 2 fully saturated rings. The van der Waals surface area contributed by atoms with Crippen LogP contribution in [0.15, 0.2) is 23.8 Å². The van der Waals surface area contributed by atoms with E-state index in [9.17, 15) is 19.5 Å². The number of Topliss-reactive ketones (excluding diaryl/α,β-unsaturated/α-hetero) is 2. The van der Waals surface area contributed by atoms with E-state index in [4.69, 9.17) is 9.47 Å². The first-order chi connectivity index (χ1) is 11.7. The fourth-order valence-corrected chi connectivity index (χ4v) is 3.88. The maximum Gasteiger partial charge on any atom is 0.336 e. The van der Waals surface area contributed by atoms with Crippen molar-refractivity contribution < 1.29 is 29.0 Å². The fraction of sp³-hybridized carbons (Fsp3) is 0.632. The Labute approximate surface area is 146 Å². The highest BCUT2D eigenvalue weighted by Gasteiger charge is 2.49. The molecule has 5 atom stereocenters. The molecule has 0 aromatic carbocycles. The highest BCUT2D eigenvalue weighted by Crippen LogP contribution is 2.38. The summed E-state index contributed by atoms with van der Waals surface area (Å²) in [4.78, 5) is 36.8. The normalized spacial score (nSPS) is 41.2. The van der Waals surface area contributed by atoms with Gasteiger partial charge in [-0.1, -0.05) is 18.2 Å². The first-order valence-corrected chi connectivity index (χ1v) is 8.65. The lowest BCUT2D eigenvalue weighted by Gasteiger charge is -2.27. The average molecular weight is 348 g/mol. The van der Waals surface area contributed by atoms with Gasteiger partial charge in [0.05, 0.1) is 11.2 Å². The van der Waals surface area contributed by atoms with Crippen molar-refractivity contribution in [2.75, 3.05) is 0 Å². The summed E-state index contributed by atoms with van der Waals surface area (Å²) in [6.07, 6.45) is 0.187. The van der Waals surface area contributed by atoms with Gasteiger partial charge in [-0.3, -0.25) is 9.59 Å². The lowest BCUT2D eigenvalue weighted by atomic mass is 9.87. The van der Waals surface area contributed by atoms with E-state index < -0.39 is 29.9 Å². The molecule has 136 valence electrons. The van der Waals surface area contributed by atoms with Crippen molar-refractivity contribution in [3.8, 4) is 0 Å². The van der Waals surface area contributed by atoms with Crippen LogP contribution in [0.25, 0.3) is 0 Å². The van der Waals surface area contributed by atoms with Crippen LogP contribution in [0.3, 0.4) is 0 Å². The Morgan fingerprint density at radius 2 is 2.04 bits per heavy atom. The molecule has 25 heavy (non-hydrogen) atoms. The van der Waals surface area contributed by atoms with Crippen LogP contribution < -0.4 is 0 Å². The molecule has 2 saturated heterocycles. The van der Waals surface area contributed by atoms with Gasteiger partial charge in [-0.05, 0) is 26.2 Å². The number of rotatable bonds is 1. The quantitative estimate of drug-likeness (QED) is 0.572. The molecular weight excluding hydrogens is 324 g/mol. The number of ether oxygens (including phenoxy) is 2. The van der Waals surface area contributed by atoms with E-state index in [0.29, 0.717) is 6.42 Å². The van der Waals surface area contributed by atoms with E-state index >= 15 is 0 Å². The number of allylic oxidation sites excluding steroid dienone is 2. The molecule has 6 nitrogen and oxygen atoms in total. The molecular formula is C19H24O6. The Kier molecular flexibility index (Phi) is 4.68. The molecule has 0 radical (unpaired) electrons. The predicted octanol–water partition coefficient (Wildman–Crippen LogP) is 1.65. The minimum absolute atomic E-state index is 0.0541. The third-order valence-corrected chi connectivity index (χ3v) is 5.34. The lowest BCUT2D eigenvalue weighted by Crippen LogP contribution is -2.35. The smallest absolute Gasteiger partial charge is 0.336 e. The van der Waals surface area contributed by atoms with Gasteiger partial charge >= 0.3 is 5.97 Å². The van der Waals surface area contributed by atoms with Gasteiger partial charge in [0.2, 0.25) is 0 Å². The topological polar surface area (TPSA) is 89.9 Å². The number of aliphatic hydroxyl groups is 1. The van der Waals surface area contributed by atoms with Gasteiger partial charge in [0.1, 0.15) is 24.1 Å². The Bertz CT molecular complexity index is 663. The van der Waals surface area contributed by atoms with Crippen molar-refractivity contribution in [3.63, 3.8) is 0 Å². The van der Waals surface area contributed by atoms with Crippen molar-refractivity contribution in [2.45, 2.75) is 69.9 Å². The van der Waals surface area contributed by atoms with Crippen LogP contribution in [0, 0.1) is 5.92 Å². The minimum atomic E-state index is -1.05. The number of fused-ring (bicyclic) bond motifs is 4. The average Bonchev–Trinajstić information content (AvgIpc) is 2.91. The van der Waals surface area contributed by atoms with E-state index in [1.165, 1.54) is 0 Å². The monoisotopic (exact) mass is 348 g/mol. The second-order valence-electron chi connectivity index (χ2n) is 7.68. The van der Waals surface area contributed by atoms with Crippen LogP contribution in [0.4, 0.5) is 0 Å². The summed E-state index contributed by atoms with van der Waals surface area (Å²) in [5.41, 5.74) is 0.194. The molecule has 0 aliphatic carbocycles. The number of aliphatic hydroxyl groups excluding tert-OH is 1. The Morgan fingerprint density at radius 3 is 2.72 bits per heavy atom. The molecule has 0 amide bonds. The van der Waals surface area contributed by atoms with E-state index in [0.717, 1.165) is 5.57 Å². The van der Waals surface area contributed by atoms with Crippen molar-refractivity contribution in [1.82, 2.24) is 0 Å². The maximum atomic E-state index is 12.4. The van der Waals surface area contributed by atoms with Crippen LogP contribution >= 0.6 is 0 Å². The molecule has 0 aromatic rings. The third kappa shape index (κ3) is 3.60. The summed E-state index contributed by atoms with van der Waals surface area (Å²) in [7, 11) is 0. The van der Waals surface area contributed by atoms with E-state index in [-0.39, 0.29) is 48.7 Å². The van der Waals surface area contributed by atoms with Crippen LogP contribution in [0.1, 0.15) is 46.0 Å². The molecule has 3 aliphatic rings. The van der Waals surface area contributed by atoms with Crippen LogP contribution in [0.2, 0.25) is 0 Å². The Morgan fingerprint density at radius 1 is 1.32 bits per heavy atom. The molecule has 3 aliphatic heterocycles. The molecule has 0 aromatic heterocycles. The molecule has 3 heterocycles. The zero-order chi connectivity index (χ0) is 18.4. The number of carbonyl (C=O) groups excluding carboxylic acids is 3. The van der Waals surface area contributed by atoms with Gasteiger partial charge in [-0.15, -0.1) is 0 Å². The lowest BCUT2D eigenvalue weighted by molar-refractivity contribution is -0.144. The van der Waals surface area contributed by atoms with E-state index in [1.807, 2.05) is 6.92 Å². The van der Waals surface area contributed by atoms with Crippen molar-refractivity contribution >= 4 is 17.5 Å². The maximum absolute atomic E-state index is 12.4. The summed E-state index contributed by atoms with van der Waals surface area (Å²) >= 11 is 0. The van der Waals surface area contributed by atoms with Crippen LogP contribution in [0.5, 0.6) is 0 Å². The van der Waals surface area contributed by atoms with Crippen LogP contribution in [-0.4, -0.2) is 46.6 Å². The highest BCUT2D eigenvalue weighted by molar-refractivity contribution is 5.93. The number of ketones is 2. The van der Waals surface area contributed by atoms with Gasteiger partial charge < -0.3 is 14.6 Å². The molecule has 0 saturated carbocycles. The van der Waals surface area contributed by atoms with E-state index in [2.05, 4.69) is 6.58 Å².